The first-order valence-corrected chi connectivity index (χ1v) is 9.82. The largest absolute Gasteiger partial charge is 0.490 e. The molecule has 0 amide bonds. The predicted octanol–water partition coefficient (Wildman–Crippen LogP) is 4.02. The Kier molecular flexibility index (Phi) is 10.6. The fraction of sp³-hybridized carbons (Fsp3) is 0.636. The molecule has 1 rings (SSSR count). The first-order chi connectivity index (χ1) is 13.3. The summed E-state index contributed by atoms with van der Waals surface area (Å²) in [6.45, 7) is 8.42. The number of carbonyl (C=O) groups is 2. The van der Waals surface area contributed by atoms with E-state index in [2.05, 4.69) is 0 Å². The molecule has 0 radical (unpaired) electrons. The molecule has 1 aromatic rings. The van der Waals surface area contributed by atoms with Crippen molar-refractivity contribution in [3.63, 3.8) is 0 Å². The van der Waals surface area contributed by atoms with Crippen LogP contribution in [0.1, 0.15) is 47.0 Å². The van der Waals surface area contributed by atoms with Gasteiger partial charge in [0.25, 0.3) is 0 Å². The van der Waals surface area contributed by atoms with Gasteiger partial charge in [0, 0.05) is 13.5 Å². The molecule has 2 atom stereocenters. The third kappa shape index (κ3) is 9.22. The van der Waals surface area contributed by atoms with Gasteiger partial charge in [0.15, 0.2) is 6.10 Å². The second-order valence-electron chi connectivity index (χ2n) is 7.67. The first-order valence-electron chi connectivity index (χ1n) is 9.82. The Labute approximate surface area is 168 Å². The molecule has 1 aromatic carbocycles. The van der Waals surface area contributed by atoms with Gasteiger partial charge in [-0.3, -0.25) is 9.59 Å². The molecule has 2 unspecified atom stereocenters. The number of ether oxygens (including phenoxy) is 4. The van der Waals surface area contributed by atoms with Gasteiger partial charge in [-0.15, -0.1) is 0 Å². The summed E-state index contributed by atoms with van der Waals surface area (Å²) >= 11 is 0. The summed E-state index contributed by atoms with van der Waals surface area (Å²) < 4.78 is 21.6. The molecule has 0 spiro atoms. The van der Waals surface area contributed by atoms with E-state index in [1.165, 1.54) is 0 Å². The average molecular weight is 395 g/mol. The molecular formula is C22H34O6. The highest BCUT2D eigenvalue weighted by atomic mass is 16.6. The van der Waals surface area contributed by atoms with Crippen molar-refractivity contribution in [1.82, 2.24) is 0 Å². The van der Waals surface area contributed by atoms with Gasteiger partial charge >= 0.3 is 11.9 Å². The van der Waals surface area contributed by atoms with Gasteiger partial charge in [0.2, 0.25) is 0 Å². The maximum absolute atomic E-state index is 12.1. The number of benzene rings is 1. The second-order valence-corrected chi connectivity index (χ2v) is 7.67. The Hall–Kier alpha value is -2.08. The molecule has 0 heterocycles. The van der Waals surface area contributed by atoms with E-state index in [9.17, 15) is 9.59 Å². The Morgan fingerprint density at radius 3 is 2.36 bits per heavy atom. The molecule has 0 fully saturated rings. The summed E-state index contributed by atoms with van der Waals surface area (Å²) in [4.78, 5) is 24.1. The molecule has 0 saturated heterocycles. The highest BCUT2D eigenvalue weighted by Gasteiger charge is 2.27. The van der Waals surface area contributed by atoms with Crippen LogP contribution in [-0.4, -0.2) is 45.0 Å². The van der Waals surface area contributed by atoms with Gasteiger partial charge in [-0.1, -0.05) is 32.0 Å². The minimum atomic E-state index is -0.481. The molecule has 0 aliphatic heterocycles. The van der Waals surface area contributed by atoms with Gasteiger partial charge in [0.05, 0.1) is 18.6 Å². The van der Waals surface area contributed by atoms with Crippen molar-refractivity contribution in [3.8, 4) is 5.75 Å². The van der Waals surface area contributed by atoms with E-state index in [4.69, 9.17) is 18.9 Å². The number of hydrogen-bond acceptors (Lipinski definition) is 6. The van der Waals surface area contributed by atoms with E-state index in [0.717, 1.165) is 6.42 Å². The topological polar surface area (TPSA) is 71.1 Å². The van der Waals surface area contributed by atoms with Crippen molar-refractivity contribution in [3.05, 3.63) is 30.3 Å². The molecule has 6 nitrogen and oxygen atoms in total. The highest BCUT2D eigenvalue weighted by molar-refractivity contribution is 5.75. The van der Waals surface area contributed by atoms with Crippen molar-refractivity contribution in [2.24, 2.45) is 11.3 Å². The van der Waals surface area contributed by atoms with E-state index in [-0.39, 0.29) is 37.5 Å². The third-order valence-corrected chi connectivity index (χ3v) is 4.61. The molecule has 0 saturated carbocycles. The fourth-order valence-corrected chi connectivity index (χ4v) is 2.26. The number of methoxy groups -OCH3 is 1. The van der Waals surface area contributed by atoms with Crippen molar-refractivity contribution in [2.75, 3.05) is 26.9 Å². The number of esters is 2. The molecule has 0 aromatic heterocycles. The predicted molar refractivity (Wildman–Crippen MR) is 107 cm³/mol. The SMILES string of the molecule is CCC(C)(C)C(=O)OCC(C)CCC(=O)OC(COC)COc1ccccc1. The van der Waals surface area contributed by atoms with Gasteiger partial charge < -0.3 is 18.9 Å². The van der Waals surface area contributed by atoms with Gasteiger partial charge in [-0.2, -0.15) is 0 Å². The zero-order chi connectivity index (χ0) is 21.0. The lowest BCUT2D eigenvalue weighted by Crippen LogP contribution is -2.30. The van der Waals surface area contributed by atoms with Gasteiger partial charge in [0.1, 0.15) is 12.4 Å². The van der Waals surface area contributed by atoms with Crippen LogP contribution in [0, 0.1) is 11.3 Å². The molecule has 0 bridgehead atoms. The normalized spacial score (nSPS) is 13.5. The zero-order valence-electron chi connectivity index (χ0n) is 17.7. The minimum Gasteiger partial charge on any atom is -0.490 e. The van der Waals surface area contributed by atoms with Crippen LogP contribution in [0.3, 0.4) is 0 Å². The summed E-state index contributed by atoms with van der Waals surface area (Å²) in [5, 5.41) is 0. The zero-order valence-corrected chi connectivity index (χ0v) is 17.7. The quantitative estimate of drug-likeness (QED) is 0.471. The van der Waals surface area contributed by atoms with Crippen LogP contribution in [0.4, 0.5) is 0 Å². The number of hydrogen-bond donors (Lipinski definition) is 0. The highest BCUT2D eigenvalue weighted by Crippen LogP contribution is 2.22. The molecule has 28 heavy (non-hydrogen) atoms. The monoisotopic (exact) mass is 394 g/mol. The Bertz CT molecular complexity index is 584. The van der Waals surface area contributed by atoms with Crippen molar-refractivity contribution in [1.29, 1.82) is 0 Å². The van der Waals surface area contributed by atoms with E-state index >= 15 is 0 Å². The van der Waals surface area contributed by atoms with Gasteiger partial charge in [-0.05, 0) is 44.7 Å². The summed E-state index contributed by atoms with van der Waals surface area (Å²) in [5.41, 5.74) is -0.481. The number of carbonyl (C=O) groups excluding carboxylic acids is 2. The van der Waals surface area contributed by atoms with Crippen LogP contribution in [-0.2, 0) is 23.8 Å². The molecule has 158 valence electrons. The summed E-state index contributed by atoms with van der Waals surface area (Å²) in [5.74, 6) is 0.268. The van der Waals surface area contributed by atoms with Crippen molar-refractivity contribution >= 4 is 11.9 Å². The molecular weight excluding hydrogens is 360 g/mol. The van der Waals surface area contributed by atoms with Crippen molar-refractivity contribution < 1.29 is 28.5 Å². The lowest BCUT2D eigenvalue weighted by atomic mass is 9.90. The maximum atomic E-state index is 12.1. The lowest BCUT2D eigenvalue weighted by Gasteiger charge is -2.22. The Morgan fingerprint density at radius 2 is 1.75 bits per heavy atom. The van der Waals surface area contributed by atoms with Crippen LogP contribution in [0.2, 0.25) is 0 Å². The average Bonchev–Trinajstić information content (AvgIpc) is 2.69. The van der Waals surface area contributed by atoms with Crippen LogP contribution < -0.4 is 4.74 Å². The smallest absolute Gasteiger partial charge is 0.311 e. The second kappa shape index (κ2) is 12.4. The van der Waals surface area contributed by atoms with Crippen LogP contribution >= 0.6 is 0 Å². The van der Waals surface area contributed by atoms with E-state index in [0.29, 0.717) is 18.8 Å². The minimum absolute atomic E-state index is 0.0746. The molecule has 0 aliphatic carbocycles. The van der Waals surface area contributed by atoms with E-state index < -0.39 is 11.5 Å². The molecule has 6 heteroatoms. The summed E-state index contributed by atoms with van der Waals surface area (Å²) in [7, 11) is 1.55. The summed E-state index contributed by atoms with van der Waals surface area (Å²) in [6.07, 6.45) is 1.08. The van der Waals surface area contributed by atoms with E-state index in [1.54, 1.807) is 7.11 Å². The van der Waals surface area contributed by atoms with E-state index in [1.807, 2.05) is 58.0 Å². The Balaban J connectivity index is 2.34. The first kappa shape index (κ1) is 24.0. The molecule has 0 aliphatic rings. The third-order valence-electron chi connectivity index (χ3n) is 4.61. The standard InChI is InChI=1S/C22H34O6/c1-6-22(3,4)21(24)27-14-17(2)12-13-20(23)28-19(15-25-5)16-26-18-10-8-7-9-11-18/h7-11,17,19H,6,12-16H2,1-5H3. The van der Waals surface area contributed by atoms with Crippen LogP contribution in [0.25, 0.3) is 0 Å². The lowest BCUT2D eigenvalue weighted by molar-refractivity contribution is -0.156. The molecule has 0 N–H and O–H groups in total. The number of rotatable bonds is 13. The van der Waals surface area contributed by atoms with Crippen molar-refractivity contribution in [2.45, 2.75) is 53.1 Å². The Morgan fingerprint density at radius 1 is 1.07 bits per heavy atom. The van der Waals surface area contributed by atoms with Crippen LogP contribution in [0.5, 0.6) is 5.75 Å². The fourth-order valence-electron chi connectivity index (χ4n) is 2.26. The van der Waals surface area contributed by atoms with Gasteiger partial charge in [-0.25, -0.2) is 0 Å². The number of para-hydroxylation sites is 1. The maximum Gasteiger partial charge on any atom is 0.311 e. The summed E-state index contributed by atoms with van der Waals surface area (Å²) in [6, 6.07) is 9.34. The van der Waals surface area contributed by atoms with Crippen LogP contribution in [0.15, 0.2) is 30.3 Å².